The molecule has 3 aromatic heterocycles. The van der Waals surface area contributed by atoms with Crippen molar-refractivity contribution in [3.05, 3.63) is 53.1 Å². The predicted octanol–water partition coefficient (Wildman–Crippen LogP) is 4.31. The highest BCUT2D eigenvalue weighted by molar-refractivity contribution is 6.31. The number of nitrogens with one attached hydrogen (secondary N) is 1. The van der Waals surface area contributed by atoms with E-state index < -0.39 is 0 Å². The molecule has 0 amide bonds. The third-order valence-electron chi connectivity index (χ3n) is 6.18. The molecule has 0 unspecified atom stereocenters. The SMILES string of the molecule is CCc1nc2c(N)ncc(-c3cnn(-c4ccc(Cl)c(C)c4)c3)c2nc1N[C@@H]1CC[C@H](O)C1. The van der Waals surface area contributed by atoms with Gasteiger partial charge in [-0.05, 0) is 56.4 Å². The lowest BCUT2D eigenvalue weighted by molar-refractivity contribution is 0.182. The summed E-state index contributed by atoms with van der Waals surface area (Å²) in [6.07, 6.45) is 8.29. The molecule has 1 aliphatic rings. The van der Waals surface area contributed by atoms with Crippen LogP contribution in [0, 0.1) is 6.92 Å². The zero-order valence-electron chi connectivity index (χ0n) is 18.6. The fourth-order valence-corrected chi connectivity index (χ4v) is 4.44. The maximum atomic E-state index is 9.92. The summed E-state index contributed by atoms with van der Waals surface area (Å²) in [5.74, 6) is 1.08. The van der Waals surface area contributed by atoms with Crippen molar-refractivity contribution in [1.29, 1.82) is 0 Å². The summed E-state index contributed by atoms with van der Waals surface area (Å²) in [4.78, 5) is 14.1. The number of hydrogen-bond acceptors (Lipinski definition) is 7. The molecule has 1 saturated carbocycles. The van der Waals surface area contributed by atoms with Crippen molar-refractivity contribution >= 4 is 34.3 Å². The maximum Gasteiger partial charge on any atom is 0.151 e. The van der Waals surface area contributed by atoms with Gasteiger partial charge in [0.1, 0.15) is 16.9 Å². The summed E-state index contributed by atoms with van der Waals surface area (Å²) < 4.78 is 1.80. The Kier molecular flexibility index (Phi) is 5.64. The molecule has 1 aromatic carbocycles. The monoisotopic (exact) mass is 463 g/mol. The first-order chi connectivity index (χ1) is 15.9. The number of nitrogens with two attached hydrogens (primary N) is 1. The average Bonchev–Trinajstić information content (AvgIpc) is 3.45. The largest absolute Gasteiger partial charge is 0.393 e. The van der Waals surface area contributed by atoms with Crippen molar-refractivity contribution in [2.75, 3.05) is 11.1 Å². The second-order valence-electron chi connectivity index (χ2n) is 8.54. The highest BCUT2D eigenvalue weighted by Crippen LogP contribution is 2.32. The number of aliphatic hydroxyl groups is 1. The van der Waals surface area contributed by atoms with E-state index in [9.17, 15) is 5.11 Å². The van der Waals surface area contributed by atoms with Crippen LogP contribution < -0.4 is 11.1 Å². The van der Waals surface area contributed by atoms with Crippen molar-refractivity contribution in [3.8, 4) is 16.8 Å². The Morgan fingerprint density at radius 3 is 2.79 bits per heavy atom. The van der Waals surface area contributed by atoms with E-state index in [1.807, 2.05) is 38.2 Å². The predicted molar refractivity (Wildman–Crippen MR) is 131 cm³/mol. The Labute approximate surface area is 196 Å². The van der Waals surface area contributed by atoms with Crippen LogP contribution in [0.1, 0.15) is 37.4 Å². The van der Waals surface area contributed by atoms with Gasteiger partial charge in [-0.1, -0.05) is 18.5 Å². The highest BCUT2D eigenvalue weighted by Gasteiger charge is 2.24. The van der Waals surface area contributed by atoms with Crippen LogP contribution in [-0.4, -0.2) is 42.0 Å². The number of benzene rings is 1. The highest BCUT2D eigenvalue weighted by atomic mass is 35.5. The number of halogens is 1. The second-order valence-corrected chi connectivity index (χ2v) is 8.95. The van der Waals surface area contributed by atoms with Crippen molar-refractivity contribution in [3.63, 3.8) is 0 Å². The number of nitrogen functional groups attached to an aromatic ring is 1. The average molecular weight is 464 g/mol. The summed E-state index contributed by atoms with van der Waals surface area (Å²) in [5.41, 5.74) is 11.8. The number of aliphatic hydroxyl groups excluding tert-OH is 1. The van der Waals surface area contributed by atoms with Gasteiger partial charge in [0.05, 0.1) is 23.7 Å². The van der Waals surface area contributed by atoms with Crippen LogP contribution in [0.2, 0.25) is 5.02 Å². The molecule has 0 spiro atoms. The zero-order chi connectivity index (χ0) is 23.1. The molecule has 8 nitrogen and oxygen atoms in total. The number of rotatable bonds is 5. The van der Waals surface area contributed by atoms with Crippen molar-refractivity contribution in [2.24, 2.45) is 0 Å². The first-order valence-electron chi connectivity index (χ1n) is 11.1. The van der Waals surface area contributed by atoms with Crippen LogP contribution in [0.3, 0.4) is 0 Å². The molecule has 33 heavy (non-hydrogen) atoms. The van der Waals surface area contributed by atoms with Crippen LogP contribution in [0.4, 0.5) is 11.6 Å². The van der Waals surface area contributed by atoms with E-state index in [1.165, 1.54) is 0 Å². The molecule has 1 aliphatic carbocycles. The van der Waals surface area contributed by atoms with E-state index in [2.05, 4.69) is 15.4 Å². The molecule has 3 heterocycles. The molecule has 0 aliphatic heterocycles. The standard InChI is InChI=1S/C24H26ClN7O/c1-3-20-24(29-15-4-6-17(33)9-15)31-21-18(11-27-23(26)22(21)30-20)14-10-28-32(12-14)16-5-7-19(25)13(2)8-16/h5,7-8,10-12,15,17,33H,3-4,6,9H2,1-2H3,(H2,26,27)(H,29,31)/t15-,17+/m1/s1. The van der Waals surface area contributed by atoms with Crippen LogP contribution >= 0.6 is 11.6 Å². The molecule has 4 N–H and O–H groups in total. The number of nitrogens with zero attached hydrogens (tertiary/aromatic N) is 5. The maximum absolute atomic E-state index is 9.92. The molecule has 5 rings (SSSR count). The molecule has 9 heteroatoms. The minimum Gasteiger partial charge on any atom is -0.393 e. The minimum atomic E-state index is -0.265. The van der Waals surface area contributed by atoms with Gasteiger partial charge in [0.25, 0.3) is 0 Å². The fraction of sp³-hybridized carbons (Fsp3) is 0.333. The van der Waals surface area contributed by atoms with Crippen LogP contribution in [-0.2, 0) is 6.42 Å². The molecule has 170 valence electrons. The Morgan fingerprint density at radius 2 is 2.06 bits per heavy atom. The molecule has 0 saturated heterocycles. The second kappa shape index (κ2) is 8.61. The topological polar surface area (TPSA) is 115 Å². The summed E-state index contributed by atoms with van der Waals surface area (Å²) >= 11 is 6.17. The van der Waals surface area contributed by atoms with E-state index >= 15 is 0 Å². The Morgan fingerprint density at radius 1 is 1.21 bits per heavy atom. The summed E-state index contributed by atoms with van der Waals surface area (Å²) in [7, 11) is 0. The first kappa shape index (κ1) is 21.6. The number of aryl methyl sites for hydroxylation is 2. The molecule has 0 radical (unpaired) electrons. The normalized spacial score (nSPS) is 18.2. The van der Waals surface area contributed by atoms with Crippen LogP contribution in [0.25, 0.3) is 27.8 Å². The number of anilines is 2. The fourth-order valence-electron chi connectivity index (χ4n) is 4.32. The van der Waals surface area contributed by atoms with E-state index in [0.29, 0.717) is 29.7 Å². The lowest BCUT2D eigenvalue weighted by Gasteiger charge is -2.17. The van der Waals surface area contributed by atoms with Crippen LogP contribution in [0.5, 0.6) is 0 Å². The van der Waals surface area contributed by atoms with E-state index in [1.54, 1.807) is 17.1 Å². The molecule has 4 aromatic rings. The minimum absolute atomic E-state index is 0.176. The van der Waals surface area contributed by atoms with Gasteiger partial charge in [0.15, 0.2) is 5.82 Å². The number of pyridine rings is 1. The Balaban J connectivity index is 1.58. The molecular formula is C24H26ClN7O. The van der Waals surface area contributed by atoms with Gasteiger partial charge in [0.2, 0.25) is 0 Å². The summed E-state index contributed by atoms with van der Waals surface area (Å²) in [6.45, 7) is 4.00. The van der Waals surface area contributed by atoms with Crippen molar-refractivity contribution in [1.82, 2.24) is 24.7 Å². The van der Waals surface area contributed by atoms with Gasteiger partial charge in [-0.15, -0.1) is 0 Å². The number of aromatic nitrogens is 5. The van der Waals surface area contributed by atoms with Gasteiger partial charge < -0.3 is 16.2 Å². The Bertz CT molecular complexity index is 1340. The number of hydrogen-bond donors (Lipinski definition) is 3. The number of fused-ring (bicyclic) bond motifs is 1. The molecule has 0 bridgehead atoms. The quantitative estimate of drug-likeness (QED) is 0.404. The Hall–Kier alpha value is -3.23. The van der Waals surface area contributed by atoms with E-state index in [0.717, 1.165) is 51.8 Å². The summed E-state index contributed by atoms with van der Waals surface area (Å²) in [5, 5.41) is 18.7. The van der Waals surface area contributed by atoms with Crippen molar-refractivity contribution < 1.29 is 5.11 Å². The molecule has 2 atom stereocenters. The third-order valence-corrected chi connectivity index (χ3v) is 6.60. The summed E-state index contributed by atoms with van der Waals surface area (Å²) in [6, 6.07) is 5.96. The lowest BCUT2D eigenvalue weighted by Crippen LogP contribution is -2.19. The third kappa shape index (κ3) is 4.12. The molecular weight excluding hydrogens is 438 g/mol. The van der Waals surface area contributed by atoms with Gasteiger partial charge in [-0.3, -0.25) is 0 Å². The molecule has 1 fully saturated rings. The van der Waals surface area contributed by atoms with Gasteiger partial charge in [-0.2, -0.15) is 5.10 Å². The first-order valence-corrected chi connectivity index (χ1v) is 11.5. The smallest absolute Gasteiger partial charge is 0.151 e. The zero-order valence-corrected chi connectivity index (χ0v) is 19.3. The van der Waals surface area contributed by atoms with Crippen LogP contribution in [0.15, 0.2) is 36.8 Å². The lowest BCUT2D eigenvalue weighted by atomic mass is 10.1. The van der Waals surface area contributed by atoms with Gasteiger partial charge >= 0.3 is 0 Å². The van der Waals surface area contributed by atoms with Gasteiger partial charge in [-0.25, -0.2) is 19.6 Å². The van der Waals surface area contributed by atoms with E-state index in [4.69, 9.17) is 27.3 Å². The van der Waals surface area contributed by atoms with Crippen molar-refractivity contribution in [2.45, 2.75) is 51.7 Å². The van der Waals surface area contributed by atoms with Gasteiger partial charge in [0, 0.05) is 34.6 Å². The van der Waals surface area contributed by atoms with E-state index in [-0.39, 0.29) is 12.1 Å².